The number of furan rings is 1. The molecule has 126 valence electrons. The first kappa shape index (κ1) is 16.0. The van der Waals surface area contributed by atoms with Crippen LogP contribution in [0.2, 0.25) is 0 Å². The number of nitrogens with zero attached hydrogens (tertiary/aromatic N) is 2. The molecule has 7 heteroatoms. The standard InChI is InChI=1S/C16H22N2O5/c19-15(14-2-1-7-23-14)18-6-5-17(10-12(11-18)16(20)21)13-3-8-22-9-4-13/h1-2,7,12-13H,3-6,8-11H2,(H,20,21). The molecule has 0 spiro atoms. The fourth-order valence-corrected chi connectivity index (χ4v) is 3.32. The zero-order valence-corrected chi connectivity index (χ0v) is 13.0. The molecule has 7 nitrogen and oxygen atoms in total. The summed E-state index contributed by atoms with van der Waals surface area (Å²) in [6, 6.07) is 3.61. The molecule has 0 saturated carbocycles. The molecule has 2 saturated heterocycles. The minimum absolute atomic E-state index is 0.217. The maximum atomic E-state index is 12.5. The lowest BCUT2D eigenvalue weighted by molar-refractivity contribution is -0.142. The van der Waals surface area contributed by atoms with Gasteiger partial charge in [-0.1, -0.05) is 0 Å². The van der Waals surface area contributed by atoms with Gasteiger partial charge in [0.25, 0.3) is 5.91 Å². The number of carboxylic acids is 1. The molecule has 0 aromatic carbocycles. The summed E-state index contributed by atoms with van der Waals surface area (Å²) in [6.07, 6.45) is 3.28. The SMILES string of the molecule is O=C(O)C1CN(C(=O)c2ccco2)CCN(C2CCOCC2)C1. The maximum Gasteiger partial charge on any atom is 0.309 e. The number of carboxylic acid groups (broad SMARTS) is 1. The van der Waals surface area contributed by atoms with Crippen LogP contribution in [0.15, 0.2) is 22.8 Å². The van der Waals surface area contributed by atoms with Gasteiger partial charge in [-0.25, -0.2) is 0 Å². The Morgan fingerprint density at radius 1 is 1.17 bits per heavy atom. The summed E-state index contributed by atoms with van der Waals surface area (Å²) in [6.45, 7) is 3.32. The smallest absolute Gasteiger partial charge is 0.309 e. The van der Waals surface area contributed by atoms with Crippen molar-refractivity contribution in [3.05, 3.63) is 24.2 Å². The molecule has 1 atom stereocenters. The van der Waals surface area contributed by atoms with E-state index in [1.807, 2.05) is 0 Å². The van der Waals surface area contributed by atoms with Crippen molar-refractivity contribution in [3.63, 3.8) is 0 Å². The molecule has 1 aromatic rings. The first-order valence-electron chi connectivity index (χ1n) is 8.02. The monoisotopic (exact) mass is 322 g/mol. The highest BCUT2D eigenvalue weighted by Gasteiger charge is 2.34. The van der Waals surface area contributed by atoms with Gasteiger partial charge in [0, 0.05) is 45.4 Å². The Labute approximate surface area is 134 Å². The Morgan fingerprint density at radius 3 is 2.61 bits per heavy atom. The van der Waals surface area contributed by atoms with Crippen LogP contribution in [-0.2, 0) is 9.53 Å². The molecule has 1 N–H and O–H groups in total. The zero-order valence-electron chi connectivity index (χ0n) is 13.0. The van der Waals surface area contributed by atoms with Gasteiger partial charge >= 0.3 is 5.97 Å². The molecular formula is C16H22N2O5. The number of rotatable bonds is 3. The molecular weight excluding hydrogens is 300 g/mol. The lowest BCUT2D eigenvalue weighted by Gasteiger charge is -2.34. The third kappa shape index (κ3) is 3.73. The third-order valence-corrected chi connectivity index (χ3v) is 4.63. The average molecular weight is 322 g/mol. The summed E-state index contributed by atoms with van der Waals surface area (Å²) in [4.78, 5) is 27.8. The molecule has 0 aliphatic carbocycles. The molecule has 2 fully saturated rings. The number of ether oxygens (including phenoxy) is 1. The molecule has 3 heterocycles. The molecule has 2 aliphatic rings. The van der Waals surface area contributed by atoms with Crippen LogP contribution in [0.4, 0.5) is 0 Å². The van der Waals surface area contributed by atoms with E-state index in [0.717, 1.165) is 12.8 Å². The normalized spacial score (nSPS) is 24.3. The topological polar surface area (TPSA) is 83.2 Å². The Bertz CT molecular complexity index is 539. The summed E-state index contributed by atoms with van der Waals surface area (Å²) >= 11 is 0. The summed E-state index contributed by atoms with van der Waals surface area (Å²) in [5.74, 6) is -1.43. The van der Waals surface area contributed by atoms with Crippen LogP contribution in [0.5, 0.6) is 0 Å². The van der Waals surface area contributed by atoms with Crippen molar-refractivity contribution in [1.29, 1.82) is 0 Å². The lowest BCUT2D eigenvalue weighted by atomic mass is 10.0. The highest BCUT2D eigenvalue weighted by Crippen LogP contribution is 2.20. The van der Waals surface area contributed by atoms with Crippen LogP contribution in [0.1, 0.15) is 23.4 Å². The van der Waals surface area contributed by atoms with Gasteiger partial charge in [-0.3, -0.25) is 14.5 Å². The predicted molar refractivity (Wildman–Crippen MR) is 81.2 cm³/mol. The van der Waals surface area contributed by atoms with Gasteiger partial charge in [0.2, 0.25) is 0 Å². The van der Waals surface area contributed by atoms with Gasteiger partial charge in [0.05, 0.1) is 12.2 Å². The second-order valence-electron chi connectivity index (χ2n) is 6.10. The molecule has 2 aliphatic heterocycles. The number of aliphatic carboxylic acids is 1. The van der Waals surface area contributed by atoms with Crippen molar-refractivity contribution in [1.82, 2.24) is 9.80 Å². The number of amides is 1. The zero-order chi connectivity index (χ0) is 16.2. The molecule has 23 heavy (non-hydrogen) atoms. The van der Waals surface area contributed by atoms with Crippen LogP contribution in [0, 0.1) is 5.92 Å². The lowest BCUT2D eigenvalue weighted by Crippen LogP contribution is -2.43. The summed E-state index contributed by atoms with van der Waals surface area (Å²) in [7, 11) is 0. The second kappa shape index (κ2) is 7.14. The highest BCUT2D eigenvalue weighted by atomic mass is 16.5. The van der Waals surface area contributed by atoms with E-state index in [1.54, 1.807) is 17.0 Å². The average Bonchev–Trinajstić information content (AvgIpc) is 3.00. The quantitative estimate of drug-likeness (QED) is 0.891. The predicted octanol–water partition coefficient (Wildman–Crippen LogP) is 0.917. The van der Waals surface area contributed by atoms with E-state index in [9.17, 15) is 14.7 Å². The van der Waals surface area contributed by atoms with Crippen molar-refractivity contribution < 1.29 is 23.8 Å². The van der Waals surface area contributed by atoms with Gasteiger partial charge in [-0.2, -0.15) is 0 Å². The van der Waals surface area contributed by atoms with Gasteiger partial charge < -0.3 is 19.2 Å². The van der Waals surface area contributed by atoms with Crippen molar-refractivity contribution in [2.75, 3.05) is 39.4 Å². The van der Waals surface area contributed by atoms with Crippen molar-refractivity contribution in [3.8, 4) is 0 Å². The van der Waals surface area contributed by atoms with Crippen LogP contribution < -0.4 is 0 Å². The minimum Gasteiger partial charge on any atom is -0.481 e. The van der Waals surface area contributed by atoms with E-state index in [1.165, 1.54) is 6.26 Å². The summed E-state index contributed by atoms with van der Waals surface area (Å²) in [5.41, 5.74) is 0. The largest absolute Gasteiger partial charge is 0.481 e. The minimum atomic E-state index is -0.860. The van der Waals surface area contributed by atoms with E-state index in [0.29, 0.717) is 38.9 Å². The fraction of sp³-hybridized carbons (Fsp3) is 0.625. The van der Waals surface area contributed by atoms with E-state index in [2.05, 4.69) is 4.90 Å². The van der Waals surface area contributed by atoms with Gasteiger partial charge in [0.15, 0.2) is 5.76 Å². The molecule has 0 radical (unpaired) electrons. The van der Waals surface area contributed by atoms with E-state index in [-0.39, 0.29) is 18.2 Å². The molecule has 3 rings (SSSR count). The maximum absolute atomic E-state index is 12.5. The van der Waals surface area contributed by atoms with Crippen LogP contribution in [0.3, 0.4) is 0 Å². The molecule has 1 amide bonds. The first-order chi connectivity index (χ1) is 11.1. The van der Waals surface area contributed by atoms with Gasteiger partial charge in [-0.15, -0.1) is 0 Å². The third-order valence-electron chi connectivity index (χ3n) is 4.63. The second-order valence-corrected chi connectivity index (χ2v) is 6.10. The van der Waals surface area contributed by atoms with E-state index in [4.69, 9.17) is 9.15 Å². The molecule has 1 aromatic heterocycles. The number of carbonyl (C=O) groups is 2. The highest BCUT2D eigenvalue weighted by molar-refractivity contribution is 5.91. The Hall–Kier alpha value is -1.86. The van der Waals surface area contributed by atoms with Crippen LogP contribution >= 0.6 is 0 Å². The molecule has 1 unspecified atom stereocenters. The molecule has 0 bridgehead atoms. The van der Waals surface area contributed by atoms with Gasteiger partial charge in [0.1, 0.15) is 0 Å². The van der Waals surface area contributed by atoms with Crippen LogP contribution in [0.25, 0.3) is 0 Å². The van der Waals surface area contributed by atoms with Crippen molar-refractivity contribution in [2.24, 2.45) is 5.92 Å². The Kier molecular flexibility index (Phi) is 4.97. The number of hydrogen-bond donors (Lipinski definition) is 1. The van der Waals surface area contributed by atoms with Crippen LogP contribution in [-0.4, -0.2) is 72.2 Å². The Balaban J connectivity index is 1.72. The van der Waals surface area contributed by atoms with Crippen molar-refractivity contribution >= 4 is 11.9 Å². The number of carbonyl (C=O) groups excluding carboxylic acids is 1. The number of hydrogen-bond acceptors (Lipinski definition) is 5. The van der Waals surface area contributed by atoms with Crippen molar-refractivity contribution in [2.45, 2.75) is 18.9 Å². The Morgan fingerprint density at radius 2 is 1.96 bits per heavy atom. The summed E-state index contributed by atoms with van der Waals surface area (Å²) in [5, 5.41) is 9.50. The first-order valence-corrected chi connectivity index (χ1v) is 8.02. The summed E-state index contributed by atoms with van der Waals surface area (Å²) < 4.78 is 10.5. The van der Waals surface area contributed by atoms with E-state index >= 15 is 0 Å². The van der Waals surface area contributed by atoms with E-state index < -0.39 is 11.9 Å². The fourth-order valence-electron chi connectivity index (χ4n) is 3.32. The van der Waals surface area contributed by atoms with Gasteiger partial charge in [-0.05, 0) is 25.0 Å².